The summed E-state index contributed by atoms with van der Waals surface area (Å²) in [5.74, 6) is -0.345. The van der Waals surface area contributed by atoms with Gasteiger partial charge in [0.15, 0.2) is 0 Å². The smallest absolute Gasteiger partial charge is 0.416 e. The molecule has 5 amide bonds. The van der Waals surface area contributed by atoms with Crippen LogP contribution in [-0.2, 0) is 10.9 Å². The first-order valence-electron chi connectivity index (χ1n) is 17.9. The van der Waals surface area contributed by atoms with Crippen LogP contribution in [0.5, 0.6) is 5.75 Å². The first-order valence-corrected chi connectivity index (χ1v) is 17.9. The van der Waals surface area contributed by atoms with Crippen LogP contribution in [0, 0.1) is 5.92 Å². The molecule has 0 radical (unpaired) electrons. The molecule has 14 heteroatoms. The highest BCUT2D eigenvalue weighted by molar-refractivity contribution is 5.99. The average molecular weight is 720 g/mol. The molecule has 2 aliphatic rings. The summed E-state index contributed by atoms with van der Waals surface area (Å²) in [7, 11) is 1.56. The molecule has 282 valence electrons. The lowest BCUT2D eigenvalue weighted by Gasteiger charge is -2.35. The standard InChI is InChI=1S/C37H52F3N5O6/c1-24-21-45(25(2)23-46)34(47)31-20-30(42-35(48)41-28-11-6-5-7-12-28)17-18-32(31)51-26(3)10-8-9-19-50-33(24)22-44(4)36(49)43-29-15-13-27(14-16-29)37(38,39)40/h13-18,20,24-26,28,33,46H,5-12,19,21-23H2,1-4H3,(H,43,49)(H2,41,42,48)/t24-,25+,26-,33-/m1/s1. The number of ether oxygens (including phenoxy) is 2. The van der Waals surface area contributed by atoms with E-state index >= 15 is 0 Å². The maximum atomic E-state index is 14.4. The molecule has 1 heterocycles. The maximum Gasteiger partial charge on any atom is 0.416 e. The van der Waals surface area contributed by atoms with Crippen LogP contribution >= 0.6 is 0 Å². The number of amides is 5. The van der Waals surface area contributed by atoms with Gasteiger partial charge in [-0.15, -0.1) is 0 Å². The molecule has 1 aliphatic carbocycles. The number of aliphatic hydroxyl groups excluding tert-OH is 1. The molecular weight excluding hydrogens is 667 g/mol. The van der Waals surface area contributed by atoms with Crippen molar-refractivity contribution in [1.29, 1.82) is 0 Å². The SMILES string of the molecule is C[C@@H]1CCCCO[C@H](CN(C)C(=O)Nc2ccc(C(F)(F)F)cc2)[C@H](C)CN([C@@H](C)CO)C(=O)c2cc(NC(=O)NC3CCCCC3)ccc2O1. The van der Waals surface area contributed by atoms with Gasteiger partial charge in [0, 0.05) is 50.1 Å². The van der Waals surface area contributed by atoms with Crippen molar-refractivity contribution in [1.82, 2.24) is 15.1 Å². The number of nitrogens with one attached hydrogen (secondary N) is 3. The quantitative estimate of drug-likeness (QED) is 0.241. The van der Waals surface area contributed by atoms with Crippen molar-refractivity contribution in [3.05, 3.63) is 53.6 Å². The number of anilines is 2. The number of benzene rings is 2. The van der Waals surface area contributed by atoms with E-state index in [1.54, 1.807) is 37.1 Å². The molecule has 51 heavy (non-hydrogen) atoms. The Balaban J connectivity index is 1.53. The van der Waals surface area contributed by atoms with Gasteiger partial charge in [0.2, 0.25) is 0 Å². The third-order valence-electron chi connectivity index (χ3n) is 9.51. The van der Waals surface area contributed by atoms with Gasteiger partial charge in [-0.25, -0.2) is 9.59 Å². The first-order chi connectivity index (χ1) is 24.2. The normalized spacial score (nSPS) is 21.8. The largest absolute Gasteiger partial charge is 0.490 e. The Bertz CT molecular complexity index is 1450. The minimum absolute atomic E-state index is 0.106. The molecule has 2 aromatic carbocycles. The molecule has 4 atom stereocenters. The number of alkyl halides is 3. The molecular formula is C37H52F3N5O6. The fourth-order valence-corrected chi connectivity index (χ4v) is 6.38. The number of carbonyl (C=O) groups excluding carboxylic acids is 3. The Kier molecular flexibility index (Phi) is 14.4. The fraction of sp³-hybridized carbons (Fsp3) is 0.595. The number of rotatable bonds is 7. The predicted octanol–water partition coefficient (Wildman–Crippen LogP) is 7.12. The molecule has 0 bridgehead atoms. The van der Waals surface area contributed by atoms with E-state index in [4.69, 9.17) is 9.47 Å². The van der Waals surface area contributed by atoms with Crippen LogP contribution in [0.4, 0.5) is 34.1 Å². The van der Waals surface area contributed by atoms with Gasteiger partial charge in [-0.2, -0.15) is 13.2 Å². The Labute approximate surface area is 298 Å². The van der Waals surface area contributed by atoms with Crippen molar-refractivity contribution in [2.24, 2.45) is 5.92 Å². The second kappa shape index (κ2) is 18.5. The van der Waals surface area contributed by atoms with E-state index in [2.05, 4.69) is 16.0 Å². The molecule has 4 rings (SSSR count). The first kappa shape index (κ1) is 39.7. The van der Waals surface area contributed by atoms with Gasteiger partial charge in [0.1, 0.15) is 5.75 Å². The second-order valence-corrected chi connectivity index (χ2v) is 13.8. The van der Waals surface area contributed by atoms with Crippen molar-refractivity contribution in [3.63, 3.8) is 0 Å². The number of nitrogens with zero attached hydrogens (tertiary/aromatic N) is 2. The van der Waals surface area contributed by atoms with E-state index in [1.165, 1.54) is 17.0 Å². The van der Waals surface area contributed by atoms with E-state index < -0.39 is 35.8 Å². The average Bonchev–Trinajstić information content (AvgIpc) is 3.09. The van der Waals surface area contributed by atoms with Crippen molar-refractivity contribution >= 4 is 29.3 Å². The van der Waals surface area contributed by atoms with Gasteiger partial charge >= 0.3 is 18.2 Å². The highest BCUT2D eigenvalue weighted by Gasteiger charge is 2.32. The molecule has 4 N–H and O–H groups in total. The third-order valence-corrected chi connectivity index (χ3v) is 9.51. The Hall–Kier alpha value is -4.04. The zero-order chi connectivity index (χ0) is 37.1. The lowest BCUT2D eigenvalue weighted by atomic mass is 9.96. The number of carbonyl (C=O) groups is 3. The topological polar surface area (TPSA) is 132 Å². The van der Waals surface area contributed by atoms with Gasteiger partial charge in [-0.05, 0) is 88.4 Å². The number of hydrogen-bond acceptors (Lipinski definition) is 6. The van der Waals surface area contributed by atoms with Crippen LogP contribution < -0.4 is 20.7 Å². The van der Waals surface area contributed by atoms with Crippen LogP contribution in [0.1, 0.15) is 88.1 Å². The Morgan fingerprint density at radius 1 is 0.980 bits per heavy atom. The van der Waals surface area contributed by atoms with Crippen LogP contribution in [0.25, 0.3) is 0 Å². The number of halogens is 3. The van der Waals surface area contributed by atoms with Crippen LogP contribution in [-0.4, -0.2) is 90.5 Å². The molecule has 0 unspecified atom stereocenters. The maximum absolute atomic E-state index is 14.4. The monoisotopic (exact) mass is 719 g/mol. The molecule has 0 saturated heterocycles. The van der Waals surface area contributed by atoms with Crippen LogP contribution in [0.15, 0.2) is 42.5 Å². The second-order valence-electron chi connectivity index (χ2n) is 13.8. The molecule has 11 nitrogen and oxygen atoms in total. The lowest BCUT2D eigenvalue weighted by molar-refractivity contribution is -0.137. The van der Waals surface area contributed by atoms with E-state index in [0.717, 1.165) is 57.1 Å². The number of hydrogen-bond donors (Lipinski definition) is 4. The van der Waals surface area contributed by atoms with Gasteiger partial charge < -0.3 is 40.3 Å². The van der Waals surface area contributed by atoms with Gasteiger partial charge in [-0.1, -0.05) is 26.2 Å². The van der Waals surface area contributed by atoms with Gasteiger partial charge in [0.25, 0.3) is 5.91 Å². The number of fused-ring (bicyclic) bond motifs is 1. The molecule has 1 aliphatic heterocycles. The molecule has 1 saturated carbocycles. The fourth-order valence-electron chi connectivity index (χ4n) is 6.38. The van der Waals surface area contributed by atoms with E-state index in [1.807, 2.05) is 13.8 Å². The number of likely N-dealkylation sites (N-methyl/N-ethyl adjacent to an activating group) is 1. The van der Waals surface area contributed by atoms with Crippen molar-refractivity contribution in [2.45, 2.75) is 103 Å². The highest BCUT2D eigenvalue weighted by Crippen LogP contribution is 2.31. The van der Waals surface area contributed by atoms with Gasteiger partial charge in [-0.3, -0.25) is 4.79 Å². The summed E-state index contributed by atoms with van der Waals surface area (Å²) in [6.07, 6.45) is 2.12. The molecule has 0 spiro atoms. The van der Waals surface area contributed by atoms with Crippen LogP contribution in [0.3, 0.4) is 0 Å². The summed E-state index contributed by atoms with van der Waals surface area (Å²) in [5, 5.41) is 18.7. The summed E-state index contributed by atoms with van der Waals surface area (Å²) >= 11 is 0. The number of aliphatic hydroxyl groups is 1. The third kappa shape index (κ3) is 11.7. The molecule has 2 aromatic rings. The summed E-state index contributed by atoms with van der Waals surface area (Å²) in [6, 6.07) is 7.84. The lowest BCUT2D eigenvalue weighted by Crippen LogP contribution is -2.48. The van der Waals surface area contributed by atoms with E-state index in [-0.39, 0.29) is 55.0 Å². The van der Waals surface area contributed by atoms with Gasteiger partial charge in [0.05, 0.1) is 36.0 Å². The van der Waals surface area contributed by atoms with E-state index in [9.17, 15) is 32.7 Å². The summed E-state index contributed by atoms with van der Waals surface area (Å²) in [6.45, 7) is 5.93. The summed E-state index contributed by atoms with van der Waals surface area (Å²) in [4.78, 5) is 43.3. The summed E-state index contributed by atoms with van der Waals surface area (Å²) < 4.78 is 51.6. The molecule has 1 fully saturated rings. The Morgan fingerprint density at radius 2 is 1.65 bits per heavy atom. The predicted molar refractivity (Wildman–Crippen MR) is 189 cm³/mol. The van der Waals surface area contributed by atoms with Crippen molar-refractivity contribution in [2.75, 3.05) is 44.0 Å². The zero-order valence-electron chi connectivity index (χ0n) is 29.9. The number of urea groups is 2. The van der Waals surface area contributed by atoms with Crippen LogP contribution in [0.2, 0.25) is 0 Å². The summed E-state index contributed by atoms with van der Waals surface area (Å²) in [5.41, 5.74) is 0.0682. The minimum atomic E-state index is -4.49. The van der Waals surface area contributed by atoms with Crippen molar-refractivity contribution < 1.29 is 42.1 Å². The zero-order valence-corrected chi connectivity index (χ0v) is 29.9. The van der Waals surface area contributed by atoms with E-state index in [0.29, 0.717) is 24.5 Å². The Morgan fingerprint density at radius 3 is 2.31 bits per heavy atom. The van der Waals surface area contributed by atoms with Crippen molar-refractivity contribution in [3.8, 4) is 5.75 Å². The molecule has 0 aromatic heterocycles. The minimum Gasteiger partial charge on any atom is -0.490 e. The highest BCUT2D eigenvalue weighted by atomic mass is 19.4.